The Morgan fingerprint density at radius 3 is 3.11 bits per heavy atom. The van der Waals surface area contributed by atoms with Gasteiger partial charge in [0, 0.05) is 6.54 Å². The van der Waals surface area contributed by atoms with E-state index in [2.05, 4.69) is 6.92 Å². The summed E-state index contributed by atoms with van der Waals surface area (Å²) in [5, 5.41) is 9.27. The molecule has 3 aliphatic rings. The number of hydrogen-bond acceptors (Lipinski definition) is 3. The summed E-state index contributed by atoms with van der Waals surface area (Å²) in [6, 6.07) is 0. The highest BCUT2D eigenvalue weighted by Crippen LogP contribution is 2.51. The predicted octanol–water partition coefficient (Wildman–Crippen LogP) is 0.653. The van der Waals surface area contributed by atoms with E-state index < -0.39 is 29.5 Å². The van der Waals surface area contributed by atoms with Crippen molar-refractivity contribution < 1.29 is 19.4 Å². The Morgan fingerprint density at radius 2 is 2.44 bits per heavy atom. The Kier molecular flexibility index (Phi) is 2.48. The van der Waals surface area contributed by atoms with Gasteiger partial charge in [-0.25, -0.2) is 0 Å². The Balaban J connectivity index is 1.87. The van der Waals surface area contributed by atoms with E-state index in [0.717, 1.165) is 12.8 Å². The highest BCUT2D eigenvalue weighted by molar-refractivity contribution is 5.90. The molecule has 2 fully saturated rings. The molecule has 0 aromatic carbocycles. The van der Waals surface area contributed by atoms with Crippen LogP contribution >= 0.6 is 0 Å². The molecular weight excluding hydrogens is 234 g/mol. The molecule has 3 aliphatic heterocycles. The van der Waals surface area contributed by atoms with Crippen molar-refractivity contribution in [2.75, 3.05) is 13.1 Å². The molecule has 2 saturated heterocycles. The van der Waals surface area contributed by atoms with Crippen LogP contribution in [0.3, 0.4) is 0 Å². The predicted molar refractivity (Wildman–Crippen MR) is 62.8 cm³/mol. The smallest absolute Gasteiger partial charge is 0.310 e. The fraction of sp³-hybridized carbons (Fsp3) is 0.692. The minimum atomic E-state index is -0.929. The van der Waals surface area contributed by atoms with Gasteiger partial charge in [0.25, 0.3) is 0 Å². The minimum absolute atomic E-state index is 0.0531. The SMILES string of the molecule is CCCCN1C[C@@]23C=C[C@H](O2)[C@H](C(=O)O)[C@H]3C1=O. The maximum atomic E-state index is 12.3. The molecule has 0 radical (unpaired) electrons. The van der Waals surface area contributed by atoms with E-state index in [0.29, 0.717) is 13.1 Å². The number of likely N-dealkylation sites (tertiary alicyclic amines) is 1. The Hall–Kier alpha value is -1.36. The summed E-state index contributed by atoms with van der Waals surface area (Å²) in [7, 11) is 0. The third kappa shape index (κ3) is 1.37. The fourth-order valence-corrected chi connectivity index (χ4v) is 3.40. The van der Waals surface area contributed by atoms with Crippen molar-refractivity contribution in [2.45, 2.75) is 31.5 Å². The second kappa shape index (κ2) is 3.82. The molecule has 0 aromatic heterocycles. The van der Waals surface area contributed by atoms with Crippen LogP contribution in [0.2, 0.25) is 0 Å². The van der Waals surface area contributed by atoms with Gasteiger partial charge in [0.15, 0.2) is 0 Å². The highest BCUT2D eigenvalue weighted by Gasteiger charge is 2.66. The molecule has 1 spiro atoms. The standard InChI is InChI=1S/C13H17NO4/c1-2-3-6-14-7-13-5-4-8(18-13)9(12(16)17)10(13)11(14)15/h4-5,8-10H,2-3,6-7H2,1H3,(H,16,17)/t8-,9-,10-,13+/m0/s1. The van der Waals surface area contributed by atoms with Crippen LogP contribution in [0.15, 0.2) is 12.2 Å². The summed E-state index contributed by atoms with van der Waals surface area (Å²) in [6.07, 6.45) is 5.23. The van der Waals surface area contributed by atoms with Crippen LogP contribution in [0, 0.1) is 11.8 Å². The summed E-state index contributed by atoms with van der Waals surface area (Å²) in [5.74, 6) is -2.22. The second-order valence-corrected chi connectivity index (χ2v) is 5.35. The highest BCUT2D eigenvalue weighted by atomic mass is 16.5. The molecule has 2 bridgehead atoms. The van der Waals surface area contributed by atoms with Gasteiger partial charge in [-0.2, -0.15) is 0 Å². The van der Waals surface area contributed by atoms with Crippen molar-refractivity contribution in [1.82, 2.24) is 4.90 Å². The number of hydrogen-bond donors (Lipinski definition) is 1. The van der Waals surface area contributed by atoms with Crippen LogP contribution in [0.25, 0.3) is 0 Å². The molecule has 0 unspecified atom stereocenters. The van der Waals surface area contributed by atoms with Crippen molar-refractivity contribution in [2.24, 2.45) is 11.8 Å². The number of carboxylic acid groups (broad SMARTS) is 1. The van der Waals surface area contributed by atoms with E-state index in [4.69, 9.17) is 4.74 Å². The molecular formula is C13H17NO4. The van der Waals surface area contributed by atoms with Gasteiger partial charge in [0.05, 0.1) is 18.6 Å². The molecule has 3 heterocycles. The van der Waals surface area contributed by atoms with E-state index in [-0.39, 0.29) is 5.91 Å². The van der Waals surface area contributed by atoms with Gasteiger partial charge in [-0.05, 0) is 6.42 Å². The van der Waals surface area contributed by atoms with Crippen molar-refractivity contribution >= 4 is 11.9 Å². The summed E-state index contributed by atoms with van der Waals surface area (Å²) in [5.41, 5.74) is -0.668. The lowest BCUT2D eigenvalue weighted by atomic mass is 9.77. The molecule has 0 aliphatic carbocycles. The quantitative estimate of drug-likeness (QED) is 0.745. The largest absolute Gasteiger partial charge is 0.481 e. The first-order chi connectivity index (χ1) is 8.59. The normalized spacial score (nSPS) is 40.6. The first-order valence-electron chi connectivity index (χ1n) is 6.48. The van der Waals surface area contributed by atoms with E-state index in [9.17, 15) is 14.7 Å². The van der Waals surface area contributed by atoms with Crippen LogP contribution in [-0.4, -0.2) is 46.7 Å². The van der Waals surface area contributed by atoms with Gasteiger partial charge in [0.2, 0.25) is 5.91 Å². The number of carboxylic acids is 1. The maximum Gasteiger partial charge on any atom is 0.310 e. The fourth-order valence-electron chi connectivity index (χ4n) is 3.40. The van der Waals surface area contributed by atoms with E-state index in [1.54, 1.807) is 11.0 Å². The summed E-state index contributed by atoms with van der Waals surface area (Å²) in [6.45, 7) is 3.27. The Bertz CT molecular complexity index is 433. The first-order valence-corrected chi connectivity index (χ1v) is 6.48. The van der Waals surface area contributed by atoms with Gasteiger partial charge in [-0.3, -0.25) is 9.59 Å². The first kappa shape index (κ1) is 11.7. The molecule has 1 amide bonds. The number of amides is 1. The Morgan fingerprint density at radius 1 is 1.67 bits per heavy atom. The number of aliphatic carboxylic acids is 1. The average Bonchev–Trinajstić information content (AvgIpc) is 2.95. The molecule has 1 N–H and O–H groups in total. The average molecular weight is 251 g/mol. The third-order valence-corrected chi connectivity index (χ3v) is 4.25. The molecule has 3 rings (SSSR count). The van der Waals surface area contributed by atoms with Crippen molar-refractivity contribution in [1.29, 1.82) is 0 Å². The molecule has 4 atom stereocenters. The molecule has 18 heavy (non-hydrogen) atoms. The second-order valence-electron chi connectivity index (χ2n) is 5.35. The van der Waals surface area contributed by atoms with Crippen LogP contribution in [-0.2, 0) is 14.3 Å². The van der Waals surface area contributed by atoms with Gasteiger partial charge in [-0.15, -0.1) is 0 Å². The van der Waals surface area contributed by atoms with E-state index >= 15 is 0 Å². The number of rotatable bonds is 4. The van der Waals surface area contributed by atoms with Crippen molar-refractivity contribution in [3.63, 3.8) is 0 Å². The number of nitrogens with zero attached hydrogens (tertiary/aromatic N) is 1. The zero-order valence-corrected chi connectivity index (χ0v) is 10.3. The lowest BCUT2D eigenvalue weighted by molar-refractivity contribution is -0.148. The van der Waals surface area contributed by atoms with E-state index in [1.807, 2.05) is 6.08 Å². The monoisotopic (exact) mass is 251 g/mol. The third-order valence-electron chi connectivity index (χ3n) is 4.25. The molecule has 5 nitrogen and oxygen atoms in total. The van der Waals surface area contributed by atoms with Crippen LogP contribution < -0.4 is 0 Å². The summed E-state index contributed by atoms with van der Waals surface area (Å²) in [4.78, 5) is 25.4. The molecule has 0 aromatic rings. The van der Waals surface area contributed by atoms with Gasteiger partial charge < -0.3 is 14.7 Å². The number of ether oxygens (including phenoxy) is 1. The van der Waals surface area contributed by atoms with Gasteiger partial charge >= 0.3 is 5.97 Å². The van der Waals surface area contributed by atoms with Crippen LogP contribution in [0.5, 0.6) is 0 Å². The topological polar surface area (TPSA) is 66.8 Å². The van der Waals surface area contributed by atoms with Gasteiger partial charge in [0.1, 0.15) is 11.5 Å². The molecule has 98 valence electrons. The van der Waals surface area contributed by atoms with E-state index in [1.165, 1.54) is 0 Å². The van der Waals surface area contributed by atoms with Gasteiger partial charge in [-0.1, -0.05) is 25.5 Å². The Labute approximate surface area is 105 Å². The zero-order valence-electron chi connectivity index (χ0n) is 10.3. The summed E-state index contributed by atoms with van der Waals surface area (Å²) < 4.78 is 5.78. The minimum Gasteiger partial charge on any atom is -0.481 e. The van der Waals surface area contributed by atoms with Crippen molar-refractivity contribution in [3.05, 3.63) is 12.2 Å². The van der Waals surface area contributed by atoms with Crippen LogP contribution in [0.4, 0.5) is 0 Å². The number of fused-ring (bicyclic) bond motifs is 1. The lowest BCUT2D eigenvalue weighted by Crippen LogP contribution is -2.39. The van der Waals surface area contributed by atoms with Crippen LogP contribution in [0.1, 0.15) is 19.8 Å². The number of carbonyl (C=O) groups is 2. The zero-order chi connectivity index (χ0) is 12.9. The van der Waals surface area contributed by atoms with Crippen molar-refractivity contribution in [3.8, 4) is 0 Å². The number of unbranched alkanes of at least 4 members (excludes halogenated alkanes) is 1. The maximum absolute atomic E-state index is 12.3. The molecule has 0 saturated carbocycles. The lowest BCUT2D eigenvalue weighted by Gasteiger charge is -2.21. The molecule has 5 heteroatoms. The summed E-state index contributed by atoms with van der Waals surface area (Å²) >= 11 is 0. The number of carbonyl (C=O) groups excluding carboxylic acids is 1.